The van der Waals surface area contributed by atoms with E-state index in [9.17, 15) is 4.79 Å². The van der Waals surface area contributed by atoms with Crippen molar-refractivity contribution in [3.8, 4) is 5.75 Å². The number of carbonyl (C=O) groups excluding carboxylic acids is 1. The molecular weight excluding hydrogens is 486 g/mol. The number of rotatable bonds is 6. The number of thiazole rings is 1. The van der Waals surface area contributed by atoms with E-state index in [1.54, 1.807) is 30.5 Å². The third kappa shape index (κ3) is 5.05. The van der Waals surface area contributed by atoms with Crippen LogP contribution in [0.1, 0.15) is 5.56 Å². The summed E-state index contributed by atoms with van der Waals surface area (Å²) in [6, 6.07) is 22.2. The maximum atomic E-state index is 13.0. The number of ether oxygens (including phenoxy) is 1. The highest BCUT2D eigenvalue weighted by molar-refractivity contribution is 9.10. The van der Waals surface area contributed by atoms with Crippen molar-refractivity contribution < 1.29 is 9.53 Å². The monoisotopic (exact) mass is 499 g/mol. The van der Waals surface area contributed by atoms with Crippen LogP contribution in [-0.2, 0) is 4.79 Å². The van der Waals surface area contributed by atoms with E-state index in [1.807, 2.05) is 48.5 Å². The van der Waals surface area contributed by atoms with E-state index < -0.39 is 0 Å². The summed E-state index contributed by atoms with van der Waals surface area (Å²) in [5.41, 5.74) is 1.67. The number of anilines is 1. The Morgan fingerprint density at radius 3 is 2.67 bits per heavy atom. The maximum absolute atomic E-state index is 13.0. The lowest BCUT2D eigenvalue weighted by atomic mass is 10.2. The Bertz CT molecular complexity index is 1200. The van der Waals surface area contributed by atoms with Gasteiger partial charge in [0.1, 0.15) is 5.75 Å². The van der Waals surface area contributed by atoms with Crippen LogP contribution >= 0.6 is 38.9 Å². The van der Waals surface area contributed by atoms with Gasteiger partial charge in [-0.05, 0) is 48.0 Å². The SMILES string of the molecule is O=C(COc1ccc(Cl)cc1)N(/N=C/c1ccccc1)c1nc2ccc(Br)cc2s1. The van der Waals surface area contributed by atoms with Gasteiger partial charge in [-0.15, -0.1) is 0 Å². The summed E-state index contributed by atoms with van der Waals surface area (Å²) >= 11 is 10.7. The van der Waals surface area contributed by atoms with E-state index in [4.69, 9.17) is 16.3 Å². The van der Waals surface area contributed by atoms with Crippen LogP contribution in [-0.4, -0.2) is 23.7 Å². The smallest absolute Gasteiger partial charge is 0.287 e. The molecule has 0 bridgehead atoms. The highest BCUT2D eigenvalue weighted by Crippen LogP contribution is 2.31. The molecule has 8 heteroatoms. The van der Waals surface area contributed by atoms with Gasteiger partial charge in [0, 0.05) is 9.50 Å². The zero-order chi connectivity index (χ0) is 20.9. The summed E-state index contributed by atoms with van der Waals surface area (Å²) in [6.07, 6.45) is 1.63. The minimum Gasteiger partial charge on any atom is -0.484 e. The largest absolute Gasteiger partial charge is 0.484 e. The summed E-state index contributed by atoms with van der Waals surface area (Å²) in [5.74, 6) is 0.211. The Balaban J connectivity index is 1.60. The van der Waals surface area contributed by atoms with Gasteiger partial charge in [0.15, 0.2) is 6.61 Å². The molecule has 5 nitrogen and oxygen atoms in total. The Morgan fingerprint density at radius 1 is 1.13 bits per heavy atom. The third-order valence-electron chi connectivity index (χ3n) is 4.05. The molecule has 3 aromatic carbocycles. The van der Waals surface area contributed by atoms with E-state index in [1.165, 1.54) is 16.3 Å². The molecule has 0 unspecified atom stereocenters. The molecule has 0 N–H and O–H groups in total. The van der Waals surface area contributed by atoms with Gasteiger partial charge < -0.3 is 4.74 Å². The number of hydrogen-bond acceptors (Lipinski definition) is 5. The molecule has 0 saturated heterocycles. The van der Waals surface area contributed by atoms with Crippen LogP contribution in [0.2, 0.25) is 5.02 Å². The molecule has 0 radical (unpaired) electrons. The van der Waals surface area contributed by atoms with E-state index in [-0.39, 0.29) is 12.5 Å². The number of hydrogen-bond donors (Lipinski definition) is 0. The lowest BCUT2D eigenvalue weighted by molar-refractivity contribution is -0.120. The quantitative estimate of drug-likeness (QED) is 0.235. The number of halogens is 2. The Morgan fingerprint density at radius 2 is 1.90 bits per heavy atom. The van der Waals surface area contributed by atoms with Crippen molar-refractivity contribution in [3.63, 3.8) is 0 Å². The molecule has 150 valence electrons. The van der Waals surface area contributed by atoms with Crippen LogP contribution in [0.15, 0.2) is 82.4 Å². The van der Waals surface area contributed by atoms with Crippen molar-refractivity contribution in [2.75, 3.05) is 11.6 Å². The number of nitrogens with zero attached hydrogens (tertiary/aromatic N) is 3. The molecule has 30 heavy (non-hydrogen) atoms. The maximum Gasteiger partial charge on any atom is 0.287 e. The first-order valence-corrected chi connectivity index (χ1v) is 10.9. The average Bonchev–Trinajstić information content (AvgIpc) is 3.17. The number of benzene rings is 3. The molecule has 0 atom stereocenters. The molecule has 4 aromatic rings. The lowest BCUT2D eigenvalue weighted by Crippen LogP contribution is -2.30. The zero-order valence-electron chi connectivity index (χ0n) is 15.5. The molecule has 1 amide bonds. The van der Waals surface area contributed by atoms with Gasteiger partial charge in [-0.2, -0.15) is 10.1 Å². The standard InChI is InChI=1S/C22H15BrClN3O2S/c23-16-6-11-19-20(12-16)30-22(26-19)27(25-13-15-4-2-1-3-5-15)21(28)14-29-18-9-7-17(24)8-10-18/h1-13H,14H2/b25-13+. The summed E-state index contributed by atoms with van der Waals surface area (Å²) in [4.78, 5) is 17.5. The van der Waals surface area contributed by atoms with Crippen molar-refractivity contribution in [1.82, 2.24) is 4.98 Å². The average molecular weight is 501 g/mol. The molecule has 4 rings (SSSR count). The fourth-order valence-corrected chi connectivity index (χ4v) is 4.22. The van der Waals surface area contributed by atoms with Crippen LogP contribution in [0.3, 0.4) is 0 Å². The van der Waals surface area contributed by atoms with Crippen molar-refractivity contribution in [3.05, 3.63) is 87.9 Å². The highest BCUT2D eigenvalue weighted by atomic mass is 79.9. The molecule has 0 saturated carbocycles. The van der Waals surface area contributed by atoms with Gasteiger partial charge in [0.2, 0.25) is 5.13 Å². The highest BCUT2D eigenvalue weighted by Gasteiger charge is 2.20. The second-order valence-electron chi connectivity index (χ2n) is 6.21. The predicted octanol–water partition coefficient (Wildman–Crippen LogP) is 6.16. The fourth-order valence-electron chi connectivity index (χ4n) is 2.60. The van der Waals surface area contributed by atoms with E-state index >= 15 is 0 Å². The molecular formula is C22H15BrClN3O2S. The number of fused-ring (bicyclic) bond motifs is 1. The molecule has 0 fully saturated rings. The van der Waals surface area contributed by atoms with E-state index in [0.29, 0.717) is 15.9 Å². The first-order chi connectivity index (χ1) is 14.6. The Hall–Kier alpha value is -2.74. The number of hydrazone groups is 1. The molecule has 0 aliphatic rings. The Labute approximate surface area is 190 Å². The van der Waals surface area contributed by atoms with E-state index in [2.05, 4.69) is 26.0 Å². The van der Waals surface area contributed by atoms with Gasteiger partial charge in [-0.25, -0.2) is 4.98 Å². The van der Waals surface area contributed by atoms with Crippen LogP contribution in [0.5, 0.6) is 5.75 Å². The van der Waals surface area contributed by atoms with Crippen LogP contribution in [0.25, 0.3) is 10.2 Å². The minimum atomic E-state index is -0.338. The van der Waals surface area contributed by atoms with Crippen molar-refractivity contribution >= 4 is 66.3 Å². The Kier molecular flexibility index (Phi) is 6.42. The van der Waals surface area contributed by atoms with Gasteiger partial charge in [-0.3, -0.25) is 4.79 Å². The second kappa shape index (κ2) is 9.38. The number of aromatic nitrogens is 1. The van der Waals surface area contributed by atoms with Gasteiger partial charge in [-0.1, -0.05) is 69.2 Å². The van der Waals surface area contributed by atoms with E-state index in [0.717, 1.165) is 20.3 Å². The van der Waals surface area contributed by atoms with Crippen molar-refractivity contribution in [2.24, 2.45) is 5.10 Å². The predicted molar refractivity (Wildman–Crippen MR) is 126 cm³/mol. The minimum absolute atomic E-state index is 0.187. The third-order valence-corrected chi connectivity index (χ3v) is 5.79. The summed E-state index contributed by atoms with van der Waals surface area (Å²) in [7, 11) is 0. The van der Waals surface area contributed by atoms with Gasteiger partial charge in [0.05, 0.1) is 16.4 Å². The van der Waals surface area contributed by atoms with Crippen molar-refractivity contribution in [1.29, 1.82) is 0 Å². The number of carbonyl (C=O) groups is 1. The molecule has 0 spiro atoms. The summed E-state index contributed by atoms with van der Waals surface area (Å²) in [5, 5.41) is 6.75. The fraction of sp³-hybridized carbons (Fsp3) is 0.0455. The van der Waals surface area contributed by atoms with Crippen LogP contribution in [0.4, 0.5) is 5.13 Å². The van der Waals surface area contributed by atoms with Gasteiger partial charge in [0.25, 0.3) is 5.91 Å². The second-order valence-corrected chi connectivity index (χ2v) is 8.57. The normalized spacial score (nSPS) is 11.1. The topological polar surface area (TPSA) is 54.8 Å². The molecule has 1 aromatic heterocycles. The van der Waals surface area contributed by atoms with Crippen molar-refractivity contribution in [2.45, 2.75) is 0 Å². The summed E-state index contributed by atoms with van der Waals surface area (Å²) < 4.78 is 7.51. The zero-order valence-corrected chi connectivity index (χ0v) is 18.7. The summed E-state index contributed by atoms with van der Waals surface area (Å²) in [6.45, 7) is -0.187. The first kappa shape index (κ1) is 20.5. The number of amides is 1. The van der Waals surface area contributed by atoms with Gasteiger partial charge >= 0.3 is 0 Å². The molecule has 0 aliphatic carbocycles. The molecule has 0 aliphatic heterocycles. The lowest BCUT2D eigenvalue weighted by Gasteiger charge is -2.14. The first-order valence-electron chi connectivity index (χ1n) is 8.95. The van der Waals surface area contributed by atoms with Crippen LogP contribution in [0, 0.1) is 0 Å². The van der Waals surface area contributed by atoms with Crippen LogP contribution < -0.4 is 9.75 Å². The molecule has 1 heterocycles.